The van der Waals surface area contributed by atoms with E-state index in [-0.39, 0.29) is 12.4 Å². The Bertz CT molecular complexity index is 468. The molecule has 80 valence electrons. The molecule has 0 aromatic heterocycles. The third-order valence-electron chi connectivity index (χ3n) is 2.37. The van der Waals surface area contributed by atoms with Crippen molar-refractivity contribution < 1.29 is 9.13 Å². The van der Waals surface area contributed by atoms with Crippen LogP contribution < -0.4 is 10.2 Å². The van der Waals surface area contributed by atoms with Crippen LogP contribution in [0.4, 0.5) is 4.39 Å². The van der Waals surface area contributed by atoms with Crippen molar-refractivity contribution >= 4 is 13.3 Å². The van der Waals surface area contributed by atoms with Crippen LogP contribution in [0, 0.1) is 5.82 Å². The van der Waals surface area contributed by atoms with E-state index in [0.29, 0.717) is 5.56 Å². The molecule has 2 rings (SSSR count). The van der Waals surface area contributed by atoms with Gasteiger partial charge in [0.05, 0.1) is 0 Å². The topological polar surface area (TPSA) is 9.23 Å². The van der Waals surface area contributed by atoms with Crippen molar-refractivity contribution in [1.29, 1.82) is 0 Å². The molecule has 0 spiro atoms. The standard InChI is InChI=1S/C13H12BFO/c14-11-5-7-12(8-6-11)16-9-10-3-1-2-4-13(10)15/h1-8H,9,14H2. The Kier molecular flexibility index (Phi) is 3.25. The van der Waals surface area contributed by atoms with Crippen molar-refractivity contribution in [3.63, 3.8) is 0 Å². The second-order valence-electron chi connectivity index (χ2n) is 3.69. The van der Waals surface area contributed by atoms with Crippen molar-refractivity contribution in [2.75, 3.05) is 0 Å². The van der Waals surface area contributed by atoms with Crippen LogP contribution >= 0.6 is 0 Å². The SMILES string of the molecule is Bc1ccc(OCc2ccccc2F)cc1. The zero-order chi connectivity index (χ0) is 11.4. The van der Waals surface area contributed by atoms with Gasteiger partial charge in [-0.25, -0.2) is 4.39 Å². The van der Waals surface area contributed by atoms with Gasteiger partial charge in [-0.15, -0.1) is 0 Å². The van der Waals surface area contributed by atoms with E-state index in [0.717, 1.165) is 5.75 Å². The summed E-state index contributed by atoms with van der Waals surface area (Å²) in [6, 6.07) is 14.3. The largest absolute Gasteiger partial charge is 0.489 e. The minimum absolute atomic E-state index is 0.227. The van der Waals surface area contributed by atoms with Crippen molar-refractivity contribution in [2.45, 2.75) is 6.61 Å². The highest BCUT2D eigenvalue weighted by Gasteiger charge is 2.01. The van der Waals surface area contributed by atoms with Crippen molar-refractivity contribution in [3.8, 4) is 5.75 Å². The van der Waals surface area contributed by atoms with Crippen LogP contribution in [0.3, 0.4) is 0 Å². The van der Waals surface area contributed by atoms with Crippen molar-refractivity contribution in [3.05, 3.63) is 59.9 Å². The van der Waals surface area contributed by atoms with Crippen LogP contribution in [0.5, 0.6) is 5.75 Å². The summed E-state index contributed by atoms with van der Waals surface area (Å²) in [4.78, 5) is 0. The van der Waals surface area contributed by atoms with Crippen LogP contribution in [0.25, 0.3) is 0 Å². The molecule has 0 saturated carbocycles. The number of benzene rings is 2. The molecule has 2 aromatic carbocycles. The Hall–Kier alpha value is -1.77. The lowest BCUT2D eigenvalue weighted by molar-refractivity contribution is 0.300. The van der Waals surface area contributed by atoms with E-state index >= 15 is 0 Å². The smallest absolute Gasteiger partial charge is 0.139 e. The maximum Gasteiger partial charge on any atom is 0.139 e. The van der Waals surface area contributed by atoms with Gasteiger partial charge in [-0.05, 0) is 18.2 Å². The summed E-state index contributed by atoms with van der Waals surface area (Å²) in [5.74, 6) is 0.531. The molecule has 1 nitrogen and oxygen atoms in total. The normalized spacial score (nSPS) is 10.1. The van der Waals surface area contributed by atoms with Gasteiger partial charge >= 0.3 is 0 Å². The zero-order valence-corrected chi connectivity index (χ0v) is 9.11. The molecule has 0 atom stereocenters. The molecule has 0 N–H and O–H groups in total. The molecule has 0 unspecified atom stereocenters. The molecule has 0 aliphatic rings. The minimum Gasteiger partial charge on any atom is -0.489 e. The maximum absolute atomic E-state index is 13.3. The van der Waals surface area contributed by atoms with E-state index in [1.54, 1.807) is 18.2 Å². The lowest BCUT2D eigenvalue weighted by Crippen LogP contribution is -2.02. The summed E-state index contributed by atoms with van der Waals surface area (Å²) >= 11 is 0. The molecule has 2 aromatic rings. The summed E-state index contributed by atoms with van der Waals surface area (Å²) in [7, 11) is 2.01. The Morgan fingerprint density at radius 1 is 1.00 bits per heavy atom. The molecule has 0 aliphatic heterocycles. The zero-order valence-electron chi connectivity index (χ0n) is 9.11. The Labute approximate surface area is 95.3 Å². The van der Waals surface area contributed by atoms with Crippen LogP contribution in [-0.2, 0) is 6.61 Å². The second kappa shape index (κ2) is 4.84. The fraction of sp³-hybridized carbons (Fsp3) is 0.0769. The molecule has 0 radical (unpaired) electrons. The first-order chi connectivity index (χ1) is 7.75. The van der Waals surface area contributed by atoms with Gasteiger partial charge in [-0.3, -0.25) is 0 Å². The highest BCUT2D eigenvalue weighted by atomic mass is 19.1. The number of hydrogen-bond acceptors (Lipinski definition) is 1. The highest BCUT2D eigenvalue weighted by Crippen LogP contribution is 2.12. The molecule has 0 amide bonds. The predicted molar refractivity (Wildman–Crippen MR) is 65.4 cm³/mol. The summed E-state index contributed by atoms with van der Waals surface area (Å²) in [6.07, 6.45) is 0. The first-order valence-corrected chi connectivity index (χ1v) is 5.18. The predicted octanol–water partition coefficient (Wildman–Crippen LogP) is 1.66. The molecule has 3 heteroatoms. The maximum atomic E-state index is 13.3. The van der Waals surface area contributed by atoms with Crippen LogP contribution in [0.2, 0.25) is 0 Å². The summed E-state index contributed by atoms with van der Waals surface area (Å²) in [6.45, 7) is 0.260. The quantitative estimate of drug-likeness (QED) is 0.706. The first kappa shape index (κ1) is 10.7. The average Bonchev–Trinajstić information content (AvgIpc) is 2.30. The molecule has 0 fully saturated rings. The average molecular weight is 214 g/mol. The van der Waals surface area contributed by atoms with E-state index in [1.165, 1.54) is 11.5 Å². The Morgan fingerprint density at radius 3 is 2.38 bits per heavy atom. The van der Waals surface area contributed by atoms with E-state index in [9.17, 15) is 4.39 Å². The van der Waals surface area contributed by atoms with Crippen LogP contribution in [-0.4, -0.2) is 7.85 Å². The van der Waals surface area contributed by atoms with Gasteiger partial charge in [0.2, 0.25) is 0 Å². The van der Waals surface area contributed by atoms with Crippen LogP contribution in [0.15, 0.2) is 48.5 Å². The van der Waals surface area contributed by atoms with Gasteiger partial charge < -0.3 is 4.74 Å². The van der Waals surface area contributed by atoms with Gasteiger partial charge in [-0.2, -0.15) is 0 Å². The van der Waals surface area contributed by atoms with Crippen molar-refractivity contribution in [1.82, 2.24) is 0 Å². The number of halogens is 1. The molecule has 0 aliphatic carbocycles. The lowest BCUT2D eigenvalue weighted by Gasteiger charge is -2.07. The monoisotopic (exact) mass is 214 g/mol. The number of ether oxygens (including phenoxy) is 1. The van der Waals surface area contributed by atoms with Gasteiger partial charge in [0.25, 0.3) is 0 Å². The van der Waals surface area contributed by atoms with Gasteiger partial charge in [-0.1, -0.05) is 35.8 Å². The van der Waals surface area contributed by atoms with E-state index in [4.69, 9.17) is 4.74 Å². The summed E-state index contributed by atoms with van der Waals surface area (Å²) in [5, 5.41) is 0. The van der Waals surface area contributed by atoms with Gasteiger partial charge in [0, 0.05) is 5.56 Å². The van der Waals surface area contributed by atoms with Crippen molar-refractivity contribution in [2.24, 2.45) is 0 Å². The van der Waals surface area contributed by atoms with Crippen LogP contribution in [0.1, 0.15) is 5.56 Å². The molecule has 0 saturated heterocycles. The minimum atomic E-state index is -0.227. The summed E-state index contributed by atoms with van der Waals surface area (Å²) < 4.78 is 18.8. The first-order valence-electron chi connectivity index (χ1n) is 5.18. The summed E-state index contributed by atoms with van der Waals surface area (Å²) in [5.41, 5.74) is 1.75. The molecular weight excluding hydrogens is 202 g/mol. The fourth-order valence-electron chi connectivity index (χ4n) is 1.41. The molecular formula is C13H12BFO. The number of hydrogen-bond donors (Lipinski definition) is 0. The van der Waals surface area contributed by atoms with Gasteiger partial charge in [0.1, 0.15) is 26.0 Å². The number of rotatable bonds is 3. The highest BCUT2D eigenvalue weighted by molar-refractivity contribution is 6.32. The van der Waals surface area contributed by atoms with Gasteiger partial charge in [0.15, 0.2) is 0 Å². The molecule has 0 heterocycles. The molecule has 16 heavy (non-hydrogen) atoms. The van der Waals surface area contributed by atoms with E-state index in [1.807, 2.05) is 32.1 Å². The Morgan fingerprint density at radius 2 is 1.69 bits per heavy atom. The Balaban J connectivity index is 2.02. The molecule has 0 bridgehead atoms. The third-order valence-corrected chi connectivity index (χ3v) is 2.37. The lowest BCUT2D eigenvalue weighted by atomic mass is 9.97. The fourth-order valence-corrected chi connectivity index (χ4v) is 1.41. The second-order valence-corrected chi connectivity index (χ2v) is 3.69. The third kappa shape index (κ3) is 2.63. The van der Waals surface area contributed by atoms with E-state index in [2.05, 4.69) is 0 Å². The van der Waals surface area contributed by atoms with E-state index < -0.39 is 0 Å².